The first-order chi connectivity index (χ1) is 14.5. The number of furan rings is 1. The van der Waals surface area contributed by atoms with E-state index in [2.05, 4.69) is 15.6 Å². The van der Waals surface area contributed by atoms with Crippen LogP contribution in [-0.4, -0.2) is 20.4 Å². The lowest BCUT2D eigenvalue weighted by Gasteiger charge is -2.10. The number of amides is 1. The summed E-state index contributed by atoms with van der Waals surface area (Å²) in [6.45, 7) is 0.184. The van der Waals surface area contributed by atoms with Gasteiger partial charge in [-0.15, -0.1) is 0 Å². The molecule has 1 heterocycles. The minimum Gasteiger partial charge on any atom is -0.489 e. The van der Waals surface area contributed by atoms with Gasteiger partial charge in [0, 0.05) is 11.6 Å². The van der Waals surface area contributed by atoms with Gasteiger partial charge in [0.1, 0.15) is 12.4 Å². The second-order valence-corrected chi connectivity index (χ2v) is 8.59. The number of nitrogens with one attached hydrogen (secondary N) is 3. The van der Waals surface area contributed by atoms with Gasteiger partial charge in [-0.1, -0.05) is 18.2 Å². The molecular weight excluding hydrogens is 406 g/mol. The number of hydrogen-bond donors (Lipinski definition) is 3. The van der Waals surface area contributed by atoms with E-state index in [1.54, 1.807) is 18.2 Å². The third kappa shape index (κ3) is 5.00. The molecule has 0 saturated heterocycles. The predicted octanol–water partition coefficient (Wildman–Crippen LogP) is 3.06. The van der Waals surface area contributed by atoms with Crippen LogP contribution in [0.4, 0.5) is 5.69 Å². The average Bonchev–Trinajstić information content (AvgIpc) is 3.43. The van der Waals surface area contributed by atoms with Crippen molar-refractivity contribution in [2.24, 2.45) is 0 Å². The highest BCUT2D eigenvalue weighted by molar-refractivity contribution is 7.89. The maximum absolute atomic E-state index is 12.4. The van der Waals surface area contributed by atoms with E-state index in [0.717, 1.165) is 12.8 Å². The Morgan fingerprint density at radius 3 is 2.47 bits per heavy atom. The Hall–Kier alpha value is -3.30. The van der Waals surface area contributed by atoms with Gasteiger partial charge in [0.2, 0.25) is 10.0 Å². The van der Waals surface area contributed by atoms with Crippen LogP contribution in [0.2, 0.25) is 0 Å². The summed E-state index contributed by atoms with van der Waals surface area (Å²) in [5, 5.41) is 0. The lowest BCUT2D eigenvalue weighted by Crippen LogP contribution is -2.30. The number of sulfonamides is 1. The summed E-state index contributed by atoms with van der Waals surface area (Å²) in [4.78, 5) is 12.6. The fourth-order valence-electron chi connectivity index (χ4n) is 2.72. The molecule has 156 valence electrons. The maximum atomic E-state index is 12.4. The van der Waals surface area contributed by atoms with Crippen molar-refractivity contribution in [1.29, 1.82) is 0 Å². The van der Waals surface area contributed by atoms with Gasteiger partial charge in [-0.25, -0.2) is 13.1 Å². The largest absolute Gasteiger partial charge is 0.489 e. The van der Waals surface area contributed by atoms with Crippen molar-refractivity contribution >= 4 is 21.6 Å². The van der Waals surface area contributed by atoms with E-state index in [-0.39, 0.29) is 23.3 Å². The third-order valence-electron chi connectivity index (χ3n) is 4.47. The first-order valence-electron chi connectivity index (χ1n) is 9.44. The Morgan fingerprint density at radius 1 is 1.03 bits per heavy atom. The number of hydrazine groups is 1. The van der Waals surface area contributed by atoms with Crippen LogP contribution in [0.3, 0.4) is 0 Å². The number of benzene rings is 2. The van der Waals surface area contributed by atoms with E-state index >= 15 is 0 Å². The molecule has 1 aliphatic rings. The molecule has 2 aromatic carbocycles. The second-order valence-electron chi connectivity index (χ2n) is 6.88. The van der Waals surface area contributed by atoms with Crippen molar-refractivity contribution in [3.05, 3.63) is 78.3 Å². The van der Waals surface area contributed by atoms with E-state index in [1.807, 2.05) is 30.3 Å². The van der Waals surface area contributed by atoms with Crippen LogP contribution in [-0.2, 0) is 16.6 Å². The summed E-state index contributed by atoms with van der Waals surface area (Å²) in [6, 6.07) is 17.1. The van der Waals surface area contributed by atoms with Crippen LogP contribution < -0.4 is 20.3 Å². The van der Waals surface area contributed by atoms with Crippen molar-refractivity contribution in [2.75, 3.05) is 5.43 Å². The summed E-state index contributed by atoms with van der Waals surface area (Å²) in [5.74, 6) is 0.347. The van der Waals surface area contributed by atoms with Gasteiger partial charge in [0.05, 0.1) is 16.8 Å². The first kappa shape index (κ1) is 20.0. The van der Waals surface area contributed by atoms with Gasteiger partial charge in [-0.3, -0.25) is 15.6 Å². The molecule has 1 fully saturated rings. The normalized spacial score (nSPS) is 13.6. The Labute approximate surface area is 174 Å². The lowest BCUT2D eigenvalue weighted by molar-refractivity contribution is 0.0931. The van der Waals surface area contributed by atoms with Crippen LogP contribution in [0.15, 0.2) is 76.2 Å². The van der Waals surface area contributed by atoms with E-state index in [0.29, 0.717) is 17.0 Å². The van der Waals surface area contributed by atoms with E-state index in [4.69, 9.17) is 9.15 Å². The van der Waals surface area contributed by atoms with Gasteiger partial charge in [-0.2, -0.15) is 0 Å². The molecule has 9 heteroatoms. The fourth-order valence-corrected chi connectivity index (χ4v) is 4.02. The molecular formula is C21H21N3O5S. The maximum Gasteiger partial charge on any atom is 0.305 e. The van der Waals surface area contributed by atoms with Crippen molar-refractivity contribution < 1.29 is 22.4 Å². The molecule has 1 amide bonds. The molecule has 0 atom stereocenters. The van der Waals surface area contributed by atoms with E-state index < -0.39 is 15.9 Å². The zero-order chi connectivity index (χ0) is 21.0. The number of ether oxygens (including phenoxy) is 1. The van der Waals surface area contributed by atoms with E-state index in [1.165, 1.54) is 18.4 Å². The number of anilines is 1. The van der Waals surface area contributed by atoms with Gasteiger partial charge in [0.15, 0.2) is 5.76 Å². The summed E-state index contributed by atoms with van der Waals surface area (Å²) in [7, 11) is -3.51. The molecule has 4 rings (SSSR count). The van der Waals surface area contributed by atoms with Crippen molar-refractivity contribution in [1.82, 2.24) is 10.1 Å². The monoisotopic (exact) mass is 427 g/mol. The zero-order valence-corrected chi connectivity index (χ0v) is 16.8. The minimum absolute atomic E-state index is 0.0421. The Morgan fingerprint density at radius 2 is 1.77 bits per heavy atom. The second kappa shape index (κ2) is 8.60. The molecule has 8 nitrogen and oxygen atoms in total. The van der Waals surface area contributed by atoms with Crippen LogP contribution in [0.25, 0.3) is 0 Å². The van der Waals surface area contributed by atoms with Gasteiger partial charge >= 0.3 is 5.91 Å². The van der Waals surface area contributed by atoms with Crippen molar-refractivity contribution in [3.63, 3.8) is 0 Å². The molecule has 1 aromatic heterocycles. The number of rotatable bonds is 9. The number of para-hydroxylation sites is 1. The van der Waals surface area contributed by atoms with Gasteiger partial charge in [-0.05, 0) is 55.3 Å². The van der Waals surface area contributed by atoms with Crippen LogP contribution >= 0.6 is 0 Å². The summed E-state index contributed by atoms with van der Waals surface area (Å²) >= 11 is 0. The Balaban J connectivity index is 1.33. The number of carbonyl (C=O) groups is 1. The summed E-state index contributed by atoms with van der Waals surface area (Å²) in [5.41, 5.74) is 6.42. The minimum atomic E-state index is -3.51. The molecule has 1 aliphatic carbocycles. The summed E-state index contributed by atoms with van der Waals surface area (Å²) in [6.07, 6.45) is 3.16. The van der Waals surface area contributed by atoms with Crippen LogP contribution in [0, 0.1) is 0 Å². The zero-order valence-electron chi connectivity index (χ0n) is 16.0. The highest BCUT2D eigenvalue weighted by Gasteiger charge is 2.27. The van der Waals surface area contributed by atoms with Gasteiger partial charge in [0.25, 0.3) is 0 Å². The highest BCUT2D eigenvalue weighted by atomic mass is 32.2. The predicted molar refractivity (Wildman–Crippen MR) is 110 cm³/mol. The Bertz CT molecular complexity index is 1110. The molecule has 3 aromatic rings. The molecule has 1 saturated carbocycles. The molecule has 30 heavy (non-hydrogen) atoms. The quantitative estimate of drug-likeness (QED) is 0.453. The SMILES string of the molecule is O=C(NNc1ccc(S(=O)(=O)NC2CC2)cc1)c1occc1COc1ccccc1. The topological polar surface area (TPSA) is 110 Å². The number of hydrogen-bond acceptors (Lipinski definition) is 6. The summed E-state index contributed by atoms with van der Waals surface area (Å²) < 4.78 is 38.0. The third-order valence-corrected chi connectivity index (χ3v) is 6.01. The smallest absolute Gasteiger partial charge is 0.305 e. The van der Waals surface area contributed by atoms with Crippen LogP contribution in [0.1, 0.15) is 29.0 Å². The van der Waals surface area contributed by atoms with Gasteiger partial charge < -0.3 is 9.15 Å². The Kier molecular flexibility index (Phi) is 5.73. The van der Waals surface area contributed by atoms with Crippen molar-refractivity contribution in [2.45, 2.75) is 30.4 Å². The fraction of sp³-hybridized carbons (Fsp3) is 0.190. The van der Waals surface area contributed by atoms with Crippen molar-refractivity contribution in [3.8, 4) is 5.75 Å². The highest BCUT2D eigenvalue weighted by Crippen LogP contribution is 2.23. The molecule has 3 N–H and O–H groups in total. The standard InChI is InChI=1S/C21H21N3O5S/c25-21(20-15(12-13-28-20)14-29-18-4-2-1-3-5-18)23-22-16-8-10-19(11-9-16)30(26,27)24-17-6-7-17/h1-5,8-13,17,22,24H,6-7,14H2,(H,23,25). The van der Waals surface area contributed by atoms with E-state index in [9.17, 15) is 13.2 Å². The molecule has 0 aliphatic heterocycles. The number of carbonyl (C=O) groups excluding carboxylic acids is 1. The molecule has 0 unspecified atom stereocenters. The molecule has 0 radical (unpaired) electrons. The average molecular weight is 427 g/mol. The molecule has 0 bridgehead atoms. The van der Waals surface area contributed by atoms with Crippen LogP contribution in [0.5, 0.6) is 5.75 Å². The first-order valence-corrected chi connectivity index (χ1v) is 10.9. The lowest BCUT2D eigenvalue weighted by atomic mass is 10.2. The molecule has 0 spiro atoms.